The van der Waals surface area contributed by atoms with E-state index in [4.69, 9.17) is 37.0 Å². The van der Waals surface area contributed by atoms with Crippen LogP contribution in [0.4, 0.5) is 0 Å². The second-order valence-electron chi connectivity index (χ2n) is 24.6. The molecular formula is C68H132O17P2. The normalized spacial score (nSPS) is 14.1. The van der Waals surface area contributed by atoms with Crippen LogP contribution >= 0.6 is 15.6 Å². The van der Waals surface area contributed by atoms with Crippen LogP contribution in [0.3, 0.4) is 0 Å². The standard InChI is InChI=1S/C68H132O17P2/c1-5-9-13-17-21-24-27-29-31-33-35-38-42-45-49-53-66(71)79-59-64(85-68(73)55-51-47-43-39-36-34-32-30-28-25-22-18-14-10-6-2)61-83-87(76,77)81-57-62(69)56-80-86(74,75)82-60-63(84-67(72)54-50-46-40-20-16-12-8-4)58-78-65(70)52-48-44-41-37-26-23-19-15-11-7-3/h62-64,69H,5-61H2,1-4H3,(H,74,75)(H,76,77)/t62-,63+,64+/m0/s1. The van der Waals surface area contributed by atoms with Gasteiger partial charge >= 0.3 is 39.5 Å². The van der Waals surface area contributed by atoms with Crippen molar-refractivity contribution in [1.82, 2.24) is 0 Å². The average Bonchev–Trinajstić information content (AvgIpc) is 3.67. The lowest BCUT2D eigenvalue weighted by Gasteiger charge is -2.21. The topological polar surface area (TPSA) is 237 Å². The van der Waals surface area contributed by atoms with Crippen LogP contribution in [-0.2, 0) is 65.4 Å². The smallest absolute Gasteiger partial charge is 0.462 e. The fourth-order valence-electron chi connectivity index (χ4n) is 10.3. The molecule has 0 amide bonds. The molecule has 5 atom stereocenters. The highest BCUT2D eigenvalue weighted by Gasteiger charge is 2.30. The van der Waals surface area contributed by atoms with Gasteiger partial charge in [-0.25, -0.2) is 9.13 Å². The number of aliphatic hydroxyl groups is 1. The van der Waals surface area contributed by atoms with Gasteiger partial charge in [0.15, 0.2) is 12.2 Å². The largest absolute Gasteiger partial charge is 0.472 e. The van der Waals surface area contributed by atoms with Crippen molar-refractivity contribution in [3.63, 3.8) is 0 Å². The second kappa shape index (κ2) is 62.8. The lowest BCUT2D eigenvalue weighted by Crippen LogP contribution is -2.30. The molecule has 0 aliphatic heterocycles. The number of phosphoric ester groups is 2. The van der Waals surface area contributed by atoms with Gasteiger partial charge in [0, 0.05) is 25.7 Å². The summed E-state index contributed by atoms with van der Waals surface area (Å²) < 4.78 is 68.1. The van der Waals surface area contributed by atoms with Crippen molar-refractivity contribution in [2.45, 2.75) is 373 Å². The third-order valence-electron chi connectivity index (χ3n) is 15.9. The summed E-state index contributed by atoms with van der Waals surface area (Å²) in [6, 6.07) is 0. The van der Waals surface area contributed by atoms with E-state index in [0.717, 1.165) is 103 Å². The minimum Gasteiger partial charge on any atom is -0.462 e. The highest BCUT2D eigenvalue weighted by atomic mass is 31.2. The molecule has 0 radical (unpaired) electrons. The Balaban J connectivity index is 5.18. The van der Waals surface area contributed by atoms with E-state index < -0.39 is 97.5 Å². The third-order valence-corrected chi connectivity index (χ3v) is 17.8. The minimum atomic E-state index is -4.95. The van der Waals surface area contributed by atoms with E-state index in [1.54, 1.807) is 0 Å². The number of carbonyl (C=O) groups excluding carboxylic acids is 4. The van der Waals surface area contributed by atoms with Crippen molar-refractivity contribution < 1.29 is 80.2 Å². The van der Waals surface area contributed by atoms with Gasteiger partial charge in [0.25, 0.3) is 0 Å². The highest BCUT2D eigenvalue weighted by molar-refractivity contribution is 7.47. The Kier molecular flexibility index (Phi) is 61.4. The first-order chi connectivity index (χ1) is 42.2. The fraction of sp³-hybridized carbons (Fsp3) is 0.941. The number of hydrogen-bond acceptors (Lipinski definition) is 15. The molecule has 0 bridgehead atoms. The Hall–Kier alpha value is -1.94. The Morgan fingerprint density at radius 3 is 0.678 bits per heavy atom. The summed E-state index contributed by atoms with van der Waals surface area (Å²) in [5.74, 6) is -2.13. The Bertz CT molecular complexity index is 1670. The number of hydrogen-bond donors (Lipinski definition) is 3. The maximum atomic E-state index is 13.0. The summed E-state index contributed by atoms with van der Waals surface area (Å²) in [6.07, 6.45) is 50.0. The molecule has 17 nitrogen and oxygen atoms in total. The summed E-state index contributed by atoms with van der Waals surface area (Å²) in [5.41, 5.74) is 0. The average molecular weight is 1280 g/mol. The first-order valence-electron chi connectivity index (χ1n) is 35.8. The molecule has 0 spiro atoms. The van der Waals surface area contributed by atoms with Crippen molar-refractivity contribution in [2.75, 3.05) is 39.6 Å². The minimum absolute atomic E-state index is 0.104. The molecule has 0 rings (SSSR count). The zero-order valence-corrected chi connectivity index (χ0v) is 57.8. The number of rotatable bonds is 69. The van der Waals surface area contributed by atoms with Gasteiger partial charge in [-0.05, 0) is 25.7 Å². The fourth-order valence-corrected chi connectivity index (χ4v) is 11.9. The van der Waals surface area contributed by atoms with Gasteiger partial charge in [0.1, 0.15) is 19.3 Å². The molecule has 0 saturated heterocycles. The summed E-state index contributed by atoms with van der Waals surface area (Å²) in [6.45, 7) is 4.89. The monoisotopic (exact) mass is 1280 g/mol. The van der Waals surface area contributed by atoms with Crippen LogP contribution in [0, 0.1) is 0 Å². The molecule has 3 N–H and O–H groups in total. The number of ether oxygens (including phenoxy) is 4. The SMILES string of the molecule is CCCCCCCCCCCCCCCCCC(=O)OC[C@H](COP(=O)(O)OC[C@@H](O)COP(=O)(O)OC[C@@H](COC(=O)CCCCCCCCCCCC)OC(=O)CCCCCCCCC)OC(=O)CCCCCCCCCCCCCCCCC. The summed E-state index contributed by atoms with van der Waals surface area (Å²) in [4.78, 5) is 72.3. The summed E-state index contributed by atoms with van der Waals surface area (Å²) >= 11 is 0. The van der Waals surface area contributed by atoms with E-state index in [0.29, 0.717) is 25.7 Å². The molecule has 0 aromatic heterocycles. The van der Waals surface area contributed by atoms with Crippen molar-refractivity contribution in [1.29, 1.82) is 0 Å². The maximum absolute atomic E-state index is 13.0. The zero-order valence-electron chi connectivity index (χ0n) is 56.0. The van der Waals surface area contributed by atoms with Crippen LogP contribution in [-0.4, -0.2) is 96.7 Å². The van der Waals surface area contributed by atoms with Gasteiger partial charge < -0.3 is 33.8 Å². The van der Waals surface area contributed by atoms with Gasteiger partial charge in [-0.15, -0.1) is 0 Å². The quantitative estimate of drug-likeness (QED) is 0.0222. The van der Waals surface area contributed by atoms with E-state index in [1.807, 2.05) is 0 Å². The molecule has 0 aliphatic carbocycles. The number of phosphoric acid groups is 2. The molecule has 0 aliphatic rings. The maximum Gasteiger partial charge on any atom is 0.472 e. The molecule has 0 heterocycles. The lowest BCUT2D eigenvalue weighted by molar-refractivity contribution is -0.161. The first kappa shape index (κ1) is 85.1. The van der Waals surface area contributed by atoms with Gasteiger partial charge in [-0.1, -0.05) is 304 Å². The molecule has 0 fully saturated rings. The van der Waals surface area contributed by atoms with Crippen LogP contribution in [0.15, 0.2) is 0 Å². The lowest BCUT2D eigenvalue weighted by atomic mass is 10.0. The molecule has 19 heteroatoms. The predicted molar refractivity (Wildman–Crippen MR) is 349 cm³/mol. The molecule has 0 saturated carbocycles. The van der Waals surface area contributed by atoms with Gasteiger partial charge in [0.2, 0.25) is 0 Å². The van der Waals surface area contributed by atoms with Crippen molar-refractivity contribution in [2.24, 2.45) is 0 Å². The molecule has 0 aromatic rings. The zero-order chi connectivity index (χ0) is 64.0. The van der Waals surface area contributed by atoms with E-state index in [1.165, 1.54) is 173 Å². The molecule has 0 aromatic carbocycles. The van der Waals surface area contributed by atoms with Crippen LogP contribution in [0.25, 0.3) is 0 Å². The predicted octanol–water partition coefficient (Wildman–Crippen LogP) is 19.5. The molecule has 87 heavy (non-hydrogen) atoms. The van der Waals surface area contributed by atoms with E-state index >= 15 is 0 Å². The molecular weight excluding hydrogens is 1150 g/mol. The van der Waals surface area contributed by atoms with Crippen molar-refractivity contribution >= 4 is 39.5 Å². The Labute approximate surface area is 530 Å². The first-order valence-corrected chi connectivity index (χ1v) is 38.8. The van der Waals surface area contributed by atoms with Crippen LogP contribution in [0.1, 0.15) is 355 Å². The third kappa shape index (κ3) is 62.6. The van der Waals surface area contributed by atoms with Crippen molar-refractivity contribution in [3.05, 3.63) is 0 Å². The summed E-state index contributed by atoms with van der Waals surface area (Å²) in [7, 11) is -9.89. The van der Waals surface area contributed by atoms with Crippen molar-refractivity contribution in [3.8, 4) is 0 Å². The second-order valence-corrected chi connectivity index (χ2v) is 27.5. The summed E-state index contributed by atoms with van der Waals surface area (Å²) in [5, 5.41) is 10.5. The van der Waals surface area contributed by atoms with Gasteiger partial charge in [-0.2, -0.15) is 0 Å². The van der Waals surface area contributed by atoms with E-state index in [2.05, 4.69) is 27.7 Å². The molecule has 2 unspecified atom stereocenters. The highest BCUT2D eigenvalue weighted by Crippen LogP contribution is 2.45. The van der Waals surface area contributed by atoms with Crippen LogP contribution in [0.2, 0.25) is 0 Å². The van der Waals surface area contributed by atoms with Gasteiger partial charge in [-0.3, -0.25) is 37.3 Å². The molecule has 516 valence electrons. The van der Waals surface area contributed by atoms with Crippen LogP contribution < -0.4 is 0 Å². The van der Waals surface area contributed by atoms with E-state index in [9.17, 15) is 43.2 Å². The number of esters is 4. The number of carbonyl (C=O) groups is 4. The van der Waals surface area contributed by atoms with Gasteiger partial charge in [0.05, 0.1) is 26.4 Å². The number of aliphatic hydroxyl groups excluding tert-OH is 1. The Morgan fingerprint density at radius 1 is 0.276 bits per heavy atom. The Morgan fingerprint density at radius 2 is 0.460 bits per heavy atom. The van der Waals surface area contributed by atoms with Crippen LogP contribution in [0.5, 0.6) is 0 Å². The number of unbranched alkanes of at least 4 members (excludes halogenated alkanes) is 43. The van der Waals surface area contributed by atoms with E-state index in [-0.39, 0.29) is 25.7 Å².